The Morgan fingerprint density at radius 3 is 2.86 bits per heavy atom. The molecule has 1 aromatic rings. The fraction of sp³-hybridized carbons (Fsp3) is 0.667. The van der Waals surface area contributed by atoms with Gasteiger partial charge >= 0.3 is 6.09 Å². The fourth-order valence-electron chi connectivity index (χ4n) is 3.11. The van der Waals surface area contributed by atoms with E-state index in [1.165, 1.54) is 0 Å². The second-order valence-corrected chi connectivity index (χ2v) is 7.39. The summed E-state index contributed by atoms with van der Waals surface area (Å²) in [5.74, 6) is 0.311. The number of piperidine rings is 1. The minimum Gasteiger partial charge on any atom is -0.444 e. The number of aromatic nitrogens is 2. The molecule has 21 heavy (non-hydrogen) atoms. The Bertz CT molecular complexity index is 571. The molecule has 114 valence electrons. The van der Waals surface area contributed by atoms with Gasteiger partial charge in [-0.3, -0.25) is 0 Å². The van der Waals surface area contributed by atoms with Crippen LogP contribution in [0.2, 0.25) is 0 Å². The van der Waals surface area contributed by atoms with Crippen molar-refractivity contribution in [2.24, 2.45) is 0 Å². The highest BCUT2D eigenvalue weighted by atomic mass is 32.2. The Kier molecular flexibility index (Phi) is 3.59. The van der Waals surface area contributed by atoms with Crippen molar-refractivity contribution in [1.29, 1.82) is 0 Å². The molecule has 0 N–H and O–H groups in total. The minimum atomic E-state index is -0.462. The quantitative estimate of drug-likeness (QED) is 0.588. The molecular formula is C15H21N3O2S. The normalized spacial score (nSPS) is 23.9. The van der Waals surface area contributed by atoms with Gasteiger partial charge in [0.1, 0.15) is 5.60 Å². The van der Waals surface area contributed by atoms with Crippen LogP contribution >= 0.6 is 11.8 Å². The van der Waals surface area contributed by atoms with E-state index >= 15 is 0 Å². The van der Waals surface area contributed by atoms with E-state index < -0.39 is 5.60 Å². The molecule has 0 aromatic carbocycles. The van der Waals surface area contributed by atoms with Crippen LogP contribution in [0.1, 0.15) is 56.8 Å². The highest BCUT2D eigenvalue weighted by Crippen LogP contribution is 2.46. The van der Waals surface area contributed by atoms with Crippen LogP contribution in [0, 0.1) is 0 Å². The number of carbonyl (C=O) groups is 1. The van der Waals surface area contributed by atoms with Gasteiger partial charge in [-0.25, -0.2) is 14.8 Å². The summed E-state index contributed by atoms with van der Waals surface area (Å²) in [6.07, 6.45) is 5.70. The van der Waals surface area contributed by atoms with E-state index in [0.29, 0.717) is 12.5 Å². The third-order valence-corrected chi connectivity index (χ3v) is 4.53. The van der Waals surface area contributed by atoms with E-state index in [2.05, 4.69) is 9.97 Å². The molecule has 6 heteroatoms. The molecule has 1 amide bonds. The molecule has 1 fully saturated rings. The van der Waals surface area contributed by atoms with E-state index in [0.717, 1.165) is 29.3 Å². The largest absolute Gasteiger partial charge is 0.444 e. The van der Waals surface area contributed by atoms with E-state index in [1.807, 2.05) is 38.1 Å². The monoisotopic (exact) mass is 307 g/mol. The van der Waals surface area contributed by atoms with Crippen LogP contribution in [0.15, 0.2) is 11.4 Å². The van der Waals surface area contributed by atoms with E-state index in [9.17, 15) is 4.79 Å². The van der Waals surface area contributed by atoms with Crippen molar-refractivity contribution in [3.05, 3.63) is 17.5 Å². The Balaban J connectivity index is 1.88. The number of rotatable bonds is 1. The average Bonchev–Trinajstić information content (AvgIpc) is 2.45. The topological polar surface area (TPSA) is 55.3 Å². The molecule has 2 aliphatic heterocycles. The van der Waals surface area contributed by atoms with Gasteiger partial charge in [-0.05, 0) is 39.9 Å². The maximum atomic E-state index is 12.4. The molecule has 0 spiro atoms. The summed E-state index contributed by atoms with van der Waals surface area (Å²) in [6, 6.07) is 0.0655. The highest BCUT2D eigenvalue weighted by Gasteiger charge is 2.43. The van der Waals surface area contributed by atoms with Crippen molar-refractivity contribution in [1.82, 2.24) is 14.9 Å². The van der Waals surface area contributed by atoms with Gasteiger partial charge in [0.25, 0.3) is 0 Å². The van der Waals surface area contributed by atoms with E-state index in [-0.39, 0.29) is 12.1 Å². The number of hydrogen-bond acceptors (Lipinski definition) is 5. The second-order valence-electron chi connectivity index (χ2n) is 6.62. The first-order valence-corrected chi connectivity index (χ1v) is 8.52. The van der Waals surface area contributed by atoms with Crippen LogP contribution < -0.4 is 0 Å². The summed E-state index contributed by atoms with van der Waals surface area (Å²) in [7, 11) is 0. The number of carbonyl (C=O) groups excluding carboxylic acids is 1. The van der Waals surface area contributed by atoms with Crippen LogP contribution in [-0.4, -0.2) is 39.4 Å². The molecule has 2 unspecified atom stereocenters. The van der Waals surface area contributed by atoms with Crippen molar-refractivity contribution in [3.63, 3.8) is 0 Å². The molecule has 0 radical (unpaired) electrons. The summed E-state index contributed by atoms with van der Waals surface area (Å²) in [4.78, 5) is 23.3. The number of ether oxygens (including phenoxy) is 1. The summed E-state index contributed by atoms with van der Waals surface area (Å²) in [5.41, 5.74) is 1.77. The third-order valence-electron chi connectivity index (χ3n) is 3.96. The predicted molar refractivity (Wildman–Crippen MR) is 81.5 cm³/mol. The summed E-state index contributed by atoms with van der Waals surface area (Å²) in [5, 5.41) is 0.810. The first-order valence-electron chi connectivity index (χ1n) is 7.29. The average molecular weight is 307 g/mol. The number of nitrogens with zero attached hydrogens (tertiary/aromatic N) is 3. The SMILES string of the molecule is CSc1ncc2c(n1)C1CCC2N(C(=O)OC(C)(C)C)C1. The number of amides is 1. The molecular weight excluding hydrogens is 286 g/mol. The molecule has 2 atom stereocenters. The van der Waals surface area contributed by atoms with Gasteiger partial charge < -0.3 is 9.64 Å². The van der Waals surface area contributed by atoms with Gasteiger partial charge in [-0.2, -0.15) is 0 Å². The summed E-state index contributed by atoms with van der Waals surface area (Å²) < 4.78 is 5.53. The molecule has 1 aliphatic carbocycles. The smallest absolute Gasteiger partial charge is 0.410 e. The van der Waals surface area contributed by atoms with Crippen molar-refractivity contribution in [2.75, 3.05) is 12.8 Å². The van der Waals surface area contributed by atoms with Crippen LogP contribution in [-0.2, 0) is 4.74 Å². The van der Waals surface area contributed by atoms with Gasteiger partial charge in [-0.1, -0.05) is 11.8 Å². The third kappa shape index (κ3) is 2.73. The van der Waals surface area contributed by atoms with Crippen LogP contribution in [0.5, 0.6) is 0 Å². The lowest BCUT2D eigenvalue weighted by atomic mass is 9.78. The molecule has 1 aromatic heterocycles. The zero-order chi connectivity index (χ0) is 15.2. The van der Waals surface area contributed by atoms with Gasteiger partial charge in [0.15, 0.2) is 5.16 Å². The zero-order valence-corrected chi connectivity index (χ0v) is 13.7. The van der Waals surface area contributed by atoms with Crippen LogP contribution in [0.4, 0.5) is 4.79 Å². The van der Waals surface area contributed by atoms with Gasteiger partial charge in [-0.15, -0.1) is 0 Å². The molecule has 1 saturated heterocycles. The Hall–Kier alpha value is -1.30. The minimum absolute atomic E-state index is 0.0655. The van der Waals surface area contributed by atoms with Crippen molar-refractivity contribution < 1.29 is 9.53 Å². The molecule has 3 aliphatic rings. The first kappa shape index (κ1) is 14.6. The number of fused-ring (bicyclic) bond motifs is 2. The van der Waals surface area contributed by atoms with Crippen molar-refractivity contribution in [3.8, 4) is 0 Å². The Labute approximate surface area is 129 Å². The molecule has 3 heterocycles. The fourth-order valence-corrected chi connectivity index (χ4v) is 3.46. The van der Waals surface area contributed by atoms with Gasteiger partial charge in [0.2, 0.25) is 0 Å². The summed E-state index contributed by atoms with van der Waals surface area (Å²) in [6.45, 7) is 6.40. The Morgan fingerprint density at radius 2 is 2.19 bits per heavy atom. The Morgan fingerprint density at radius 1 is 1.43 bits per heavy atom. The maximum absolute atomic E-state index is 12.4. The van der Waals surface area contributed by atoms with Gasteiger partial charge in [0, 0.05) is 24.2 Å². The van der Waals surface area contributed by atoms with E-state index in [1.54, 1.807) is 11.8 Å². The first-order chi connectivity index (χ1) is 9.89. The lowest BCUT2D eigenvalue weighted by Gasteiger charge is -2.45. The molecule has 5 nitrogen and oxygen atoms in total. The van der Waals surface area contributed by atoms with Crippen LogP contribution in [0.25, 0.3) is 0 Å². The zero-order valence-electron chi connectivity index (χ0n) is 12.9. The van der Waals surface area contributed by atoms with Crippen LogP contribution in [0.3, 0.4) is 0 Å². The number of hydrogen-bond donors (Lipinski definition) is 0. The molecule has 0 saturated carbocycles. The van der Waals surface area contributed by atoms with Crippen molar-refractivity contribution >= 4 is 17.9 Å². The van der Waals surface area contributed by atoms with Crippen molar-refractivity contribution in [2.45, 2.75) is 56.3 Å². The van der Waals surface area contributed by atoms with Gasteiger partial charge in [0.05, 0.1) is 11.7 Å². The number of thioether (sulfide) groups is 1. The second kappa shape index (κ2) is 5.16. The summed E-state index contributed by atoms with van der Waals surface area (Å²) >= 11 is 1.56. The predicted octanol–water partition coefficient (Wildman–Crippen LogP) is 3.37. The highest BCUT2D eigenvalue weighted by molar-refractivity contribution is 7.98. The molecule has 2 bridgehead atoms. The maximum Gasteiger partial charge on any atom is 0.410 e. The lowest BCUT2D eigenvalue weighted by molar-refractivity contribution is 0.00263. The van der Waals surface area contributed by atoms with E-state index in [4.69, 9.17) is 4.74 Å². The lowest BCUT2D eigenvalue weighted by Crippen LogP contribution is -2.48. The molecule has 4 rings (SSSR count). The standard InChI is InChI=1S/C15H21N3O2S/c1-15(2,3)20-14(19)18-8-9-5-6-11(18)10-7-16-13(21-4)17-12(9)10/h7,9,11H,5-6,8H2,1-4H3.